The van der Waals surface area contributed by atoms with Gasteiger partial charge in [0.25, 0.3) is 0 Å². The van der Waals surface area contributed by atoms with Gasteiger partial charge in [-0.3, -0.25) is 4.79 Å². The van der Waals surface area contributed by atoms with E-state index in [0.29, 0.717) is 6.42 Å². The van der Waals surface area contributed by atoms with Crippen LogP contribution < -0.4 is 5.32 Å². The third-order valence-corrected chi connectivity index (χ3v) is 6.97. The van der Waals surface area contributed by atoms with Gasteiger partial charge in [-0.25, -0.2) is 4.79 Å². The van der Waals surface area contributed by atoms with Crippen LogP contribution in [-0.2, 0) is 9.53 Å². The molecule has 0 aromatic heterocycles. The second kappa shape index (κ2) is 11.3. The number of thioether (sulfide) groups is 1. The van der Waals surface area contributed by atoms with Gasteiger partial charge in [-0.2, -0.15) is 0 Å². The molecule has 0 radical (unpaired) electrons. The third kappa shape index (κ3) is 8.56. The lowest BCUT2D eigenvalue weighted by atomic mass is 10.00. The Morgan fingerprint density at radius 1 is 1.09 bits per heavy atom. The number of fused-ring (bicyclic) bond motifs is 1. The summed E-state index contributed by atoms with van der Waals surface area (Å²) in [6.45, 7) is 16.3. The molecule has 0 fully saturated rings. The number of alkyl carbamates (subject to hydrolysis) is 1. The summed E-state index contributed by atoms with van der Waals surface area (Å²) >= 11 is 1.28. The zero-order chi connectivity index (χ0) is 24.8. The van der Waals surface area contributed by atoms with E-state index in [1.165, 1.54) is 11.8 Å². The molecule has 1 amide bonds. The second-order valence-corrected chi connectivity index (χ2v) is 16.9. The molecule has 33 heavy (non-hydrogen) atoms. The first kappa shape index (κ1) is 27.0. The van der Waals surface area contributed by atoms with Crippen molar-refractivity contribution in [1.82, 2.24) is 5.32 Å². The first-order valence-corrected chi connectivity index (χ1v) is 15.8. The molecule has 0 bridgehead atoms. The molecule has 178 valence electrons. The van der Waals surface area contributed by atoms with Crippen molar-refractivity contribution in [3.63, 3.8) is 0 Å². The van der Waals surface area contributed by atoms with Gasteiger partial charge < -0.3 is 10.1 Å². The smallest absolute Gasteiger partial charge is 0.408 e. The molecule has 2 rings (SSSR count). The Morgan fingerprint density at radius 2 is 1.73 bits per heavy atom. The van der Waals surface area contributed by atoms with Crippen LogP contribution in [0.4, 0.5) is 4.79 Å². The lowest BCUT2D eigenvalue weighted by Gasteiger charge is -2.25. The highest BCUT2D eigenvalue weighted by Gasteiger charge is 2.32. The highest BCUT2D eigenvalue weighted by Crippen LogP contribution is 2.30. The molecule has 0 spiro atoms. The maximum atomic E-state index is 13.0. The van der Waals surface area contributed by atoms with Gasteiger partial charge in [0.15, 0.2) is 11.2 Å². The fraction of sp³-hybridized carbons (Fsp3) is 0.481. The van der Waals surface area contributed by atoms with E-state index < -0.39 is 26.2 Å². The van der Waals surface area contributed by atoms with E-state index >= 15 is 0 Å². The summed E-state index contributed by atoms with van der Waals surface area (Å²) in [5.74, 6) is 2.67. The van der Waals surface area contributed by atoms with Gasteiger partial charge in [0.1, 0.15) is 8.07 Å². The monoisotopic (exact) mass is 483 g/mol. The molecule has 3 atom stereocenters. The van der Waals surface area contributed by atoms with Crippen LogP contribution in [0.1, 0.15) is 52.6 Å². The van der Waals surface area contributed by atoms with Crippen molar-refractivity contribution in [2.75, 3.05) is 0 Å². The summed E-state index contributed by atoms with van der Waals surface area (Å²) in [6.07, 6.45) is -0.778. The van der Waals surface area contributed by atoms with Crippen molar-refractivity contribution in [2.45, 2.75) is 77.6 Å². The second-order valence-electron chi connectivity index (χ2n) is 10.3. The van der Waals surface area contributed by atoms with Gasteiger partial charge in [0, 0.05) is 4.75 Å². The summed E-state index contributed by atoms with van der Waals surface area (Å²) in [6, 6.07) is 13.9. The Hall–Kier alpha value is -2.23. The average molecular weight is 484 g/mol. The Kier molecular flexibility index (Phi) is 9.22. The maximum absolute atomic E-state index is 13.0. The third-order valence-electron chi connectivity index (χ3n) is 4.96. The van der Waals surface area contributed by atoms with Gasteiger partial charge >= 0.3 is 6.09 Å². The SMILES string of the molecule is CC[C@@H](C(=O)SC(C)(C)C)[C@@H](C#C[Si](C)(C)C)OC(=O)N[C@H](C)c1cccc2ccccc12. The molecular weight excluding hydrogens is 446 g/mol. The summed E-state index contributed by atoms with van der Waals surface area (Å²) < 4.78 is 5.59. The topological polar surface area (TPSA) is 55.4 Å². The zero-order valence-corrected chi connectivity index (χ0v) is 22.9. The van der Waals surface area contributed by atoms with Crippen LogP contribution in [0.3, 0.4) is 0 Å². The average Bonchev–Trinajstić information content (AvgIpc) is 2.70. The quantitative estimate of drug-likeness (QED) is 0.356. The van der Waals surface area contributed by atoms with Crippen LogP contribution in [-0.4, -0.2) is 30.1 Å². The molecule has 0 aliphatic rings. The first-order chi connectivity index (χ1) is 15.3. The molecule has 2 aromatic carbocycles. The fourth-order valence-electron chi connectivity index (χ4n) is 3.41. The molecule has 4 nitrogen and oxygen atoms in total. The van der Waals surface area contributed by atoms with E-state index in [2.05, 4.69) is 48.6 Å². The Balaban J connectivity index is 2.24. The number of hydrogen-bond donors (Lipinski definition) is 1. The van der Waals surface area contributed by atoms with E-state index in [1.54, 1.807) is 0 Å². The number of nitrogens with one attached hydrogen (secondary N) is 1. The van der Waals surface area contributed by atoms with E-state index in [4.69, 9.17) is 4.74 Å². The van der Waals surface area contributed by atoms with Crippen molar-refractivity contribution < 1.29 is 14.3 Å². The maximum Gasteiger partial charge on any atom is 0.408 e. The molecule has 0 saturated heterocycles. The number of amides is 1. The fourth-order valence-corrected chi connectivity index (χ4v) is 5.03. The van der Waals surface area contributed by atoms with E-state index in [9.17, 15) is 9.59 Å². The van der Waals surface area contributed by atoms with Crippen molar-refractivity contribution in [1.29, 1.82) is 0 Å². The van der Waals surface area contributed by atoms with Crippen LogP contribution in [0.15, 0.2) is 42.5 Å². The number of ether oxygens (including phenoxy) is 1. The van der Waals surface area contributed by atoms with Crippen LogP contribution in [0, 0.1) is 17.4 Å². The lowest BCUT2D eigenvalue weighted by molar-refractivity contribution is -0.116. The molecular formula is C27H37NO3SSi. The van der Waals surface area contributed by atoms with Crippen LogP contribution >= 0.6 is 11.8 Å². The molecule has 0 unspecified atom stereocenters. The highest BCUT2D eigenvalue weighted by molar-refractivity contribution is 8.14. The van der Waals surface area contributed by atoms with E-state index in [0.717, 1.165) is 16.3 Å². The van der Waals surface area contributed by atoms with Gasteiger partial charge in [0.05, 0.1) is 12.0 Å². The summed E-state index contributed by atoms with van der Waals surface area (Å²) in [7, 11) is -1.72. The van der Waals surface area contributed by atoms with Crippen LogP contribution in [0.2, 0.25) is 19.6 Å². The highest BCUT2D eigenvalue weighted by atomic mass is 32.2. The Labute approximate surface area is 204 Å². The largest absolute Gasteiger partial charge is 0.432 e. The predicted molar refractivity (Wildman–Crippen MR) is 143 cm³/mol. The molecule has 0 aliphatic heterocycles. The number of carbonyl (C=O) groups is 2. The van der Waals surface area contributed by atoms with Crippen LogP contribution in [0.5, 0.6) is 0 Å². The van der Waals surface area contributed by atoms with Crippen LogP contribution in [0.25, 0.3) is 10.8 Å². The Bertz CT molecular complexity index is 1040. The number of carbonyl (C=O) groups excluding carboxylic acids is 2. The summed E-state index contributed by atoms with van der Waals surface area (Å²) in [5, 5.41) is 5.16. The predicted octanol–water partition coefficient (Wildman–Crippen LogP) is 6.96. The number of benzene rings is 2. The number of rotatable bonds is 6. The normalized spacial score (nSPS) is 14.5. The molecule has 6 heteroatoms. The van der Waals surface area contributed by atoms with Crippen molar-refractivity contribution in [3.8, 4) is 11.5 Å². The minimum atomic E-state index is -1.72. The lowest BCUT2D eigenvalue weighted by Crippen LogP contribution is -2.37. The summed E-state index contributed by atoms with van der Waals surface area (Å²) in [4.78, 5) is 25.9. The number of hydrogen-bond acceptors (Lipinski definition) is 4. The first-order valence-electron chi connectivity index (χ1n) is 11.5. The van der Waals surface area contributed by atoms with Crippen molar-refractivity contribution >= 4 is 41.8 Å². The molecule has 0 aliphatic carbocycles. The van der Waals surface area contributed by atoms with E-state index in [-0.39, 0.29) is 15.9 Å². The standard InChI is InChI=1S/C27H37NO3SSi/c1-9-21(25(29)32-27(3,4)5)24(17-18-33(6,7)8)31-26(30)28-19(2)22-16-12-14-20-13-10-11-15-23(20)22/h10-16,19,21,24H,9H2,1-8H3,(H,28,30)/t19-,21-,24-/m1/s1. The summed E-state index contributed by atoms with van der Waals surface area (Å²) in [5.41, 5.74) is 4.31. The van der Waals surface area contributed by atoms with Gasteiger partial charge in [0.2, 0.25) is 0 Å². The van der Waals surface area contributed by atoms with Gasteiger partial charge in [-0.15, -0.1) is 5.54 Å². The Morgan fingerprint density at radius 3 is 2.33 bits per heavy atom. The van der Waals surface area contributed by atoms with Gasteiger partial charge in [-0.05, 0) is 29.7 Å². The van der Waals surface area contributed by atoms with Gasteiger partial charge in [-0.1, -0.05) is 107 Å². The minimum absolute atomic E-state index is 0.00905. The zero-order valence-electron chi connectivity index (χ0n) is 21.1. The van der Waals surface area contributed by atoms with E-state index in [1.807, 2.05) is 65.0 Å². The van der Waals surface area contributed by atoms with Crippen molar-refractivity contribution in [2.24, 2.45) is 5.92 Å². The van der Waals surface area contributed by atoms with Crippen molar-refractivity contribution in [3.05, 3.63) is 48.0 Å². The minimum Gasteiger partial charge on any atom is -0.432 e. The molecule has 0 saturated carbocycles. The molecule has 1 N–H and O–H groups in total. The molecule has 2 aromatic rings. The molecule has 0 heterocycles.